The highest BCUT2D eigenvalue weighted by atomic mass is 32.1. The number of pyridine rings is 2. The fourth-order valence-corrected chi connectivity index (χ4v) is 7.56. The SMILES string of the molecule is CCN(CF)c1ccnc(CC(=O)Nc2nnc([C@H]3CCC[C@H](c4nnc(NC(=O)Cc5cc(N6CC(F)(F)C6)ccn5)s4)C3)s2)c1. The quantitative estimate of drug-likeness (QED) is 0.191. The van der Waals surface area contributed by atoms with Crippen molar-refractivity contribution in [3.05, 3.63) is 58.1 Å². The summed E-state index contributed by atoms with van der Waals surface area (Å²) in [5, 5.41) is 25.1. The third kappa shape index (κ3) is 8.19. The first-order valence-electron chi connectivity index (χ1n) is 15.3. The zero-order valence-electron chi connectivity index (χ0n) is 25.5. The number of carbonyl (C=O) groups excluding carboxylic acids is 2. The average molecular weight is 687 g/mol. The number of hydrogen-bond acceptors (Lipinski definition) is 12. The number of anilines is 4. The molecule has 2 amide bonds. The van der Waals surface area contributed by atoms with Gasteiger partial charge in [0.05, 0.1) is 37.3 Å². The van der Waals surface area contributed by atoms with E-state index >= 15 is 0 Å². The maximum atomic E-state index is 13.3. The second-order valence-corrected chi connectivity index (χ2v) is 13.6. The lowest BCUT2D eigenvalue weighted by Gasteiger charge is -2.40. The van der Waals surface area contributed by atoms with E-state index < -0.39 is 12.7 Å². The van der Waals surface area contributed by atoms with Crippen molar-refractivity contribution < 1.29 is 22.8 Å². The number of amides is 2. The average Bonchev–Trinajstić information content (AvgIpc) is 3.71. The van der Waals surface area contributed by atoms with Crippen molar-refractivity contribution in [1.82, 2.24) is 30.4 Å². The summed E-state index contributed by atoms with van der Waals surface area (Å²) in [5.41, 5.74) is 2.29. The lowest BCUT2D eigenvalue weighted by atomic mass is 9.82. The molecule has 0 unspecified atom stereocenters. The molecule has 6 rings (SSSR count). The van der Waals surface area contributed by atoms with Gasteiger partial charge in [0.25, 0.3) is 5.92 Å². The molecule has 0 radical (unpaired) electrons. The number of hydrogen-bond donors (Lipinski definition) is 2. The van der Waals surface area contributed by atoms with Gasteiger partial charge in [-0.1, -0.05) is 29.1 Å². The van der Waals surface area contributed by atoms with Crippen molar-refractivity contribution in [2.45, 2.75) is 63.2 Å². The molecular formula is C30H33F3N10O2S2. The zero-order chi connectivity index (χ0) is 33.0. The molecule has 1 aliphatic heterocycles. The number of aromatic nitrogens is 6. The fourth-order valence-electron chi connectivity index (χ4n) is 5.74. The van der Waals surface area contributed by atoms with Crippen LogP contribution < -0.4 is 20.4 Å². The van der Waals surface area contributed by atoms with E-state index in [0.717, 1.165) is 35.7 Å². The Morgan fingerprint density at radius 3 is 2.04 bits per heavy atom. The Labute approximate surface area is 276 Å². The van der Waals surface area contributed by atoms with Crippen LogP contribution in [0, 0.1) is 0 Å². The second kappa shape index (κ2) is 14.3. The Balaban J connectivity index is 1.00. The molecule has 0 spiro atoms. The highest BCUT2D eigenvalue weighted by Gasteiger charge is 2.44. The van der Waals surface area contributed by atoms with Gasteiger partial charge < -0.3 is 20.4 Å². The molecule has 1 saturated heterocycles. The van der Waals surface area contributed by atoms with Crippen LogP contribution in [0.5, 0.6) is 0 Å². The van der Waals surface area contributed by atoms with Crippen LogP contribution in [-0.4, -0.2) is 74.5 Å². The van der Waals surface area contributed by atoms with Gasteiger partial charge in [0.2, 0.25) is 22.1 Å². The maximum Gasteiger partial charge on any atom is 0.282 e. The van der Waals surface area contributed by atoms with Crippen molar-refractivity contribution in [3.8, 4) is 0 Å². The van der Waals surface area contributed by atoms with Crippen molar-refractivity contribution in [1.29, 1.82) is 0 Å². The van der Waals surface area contributed by atoms with Crippen LogP contribution in [-0.2, 0) is 22.4 Å². The molecule has 17 heteroatoms. The number of alkyl halides is 3. The van der Waals surface area contributed by atoms with Gasteiger partial charge in [-0.05, 0) is 50.5 Å². The highest BCUT2D eigenvalue weighted by molar-refractivity contribution is 7.15. The van der Waals surface area contributed by atoms with E-state index in [1.54, 1.807) is 40.3 Å². The number of nitrogens with zero attached hydrogens (tertiary/aromatic N) is 8. The van der Waals surface area contributed by atoms with Crippen LogP contribution >= 0.6 is 22.7 Å². The highest BCUT2D eigenvalue weighted by Crippen LogP contribution is 2.43. The molecule has 4 aromatic rings. The van der Waals surface area contributed by atoms with E-state index in [1.165, 1.54) is 28.9 Å². The van der Waals surface area contributed by atoms with Crippen molar-refractivity contribution >= 4 is 56.1 Å². The van der Waals surface area contributed by atoms with E-state index in [0.29, 0.717) is 39.6 Å². The van der Waals surface area contributed by atoms with Crippen molar-refractivity contribution in [2.24, 2.45) is 0 Å². The maximum absolute atomic E-state index is 13.3. The smallest absolute Gasteiger partial charge is 0.282 e. The number of halogens is 3. The van der Waals surface area contributed by atoms with Gasteiger partial charge in [-0.2, -0.15) is 0 Å². The molecule has 5 heterocycles. The molecule has 248 valence electrons. The molecule has 2 fully saturated rings. The molecule has 1 aliphatic carbocycles. The normalized spacial score (nSPS) is 18.8. The summed E-state index contributed by atoms with van der Waals surface area (Å²) in [5.74, 6) is -3.01. The van der Waals surface area contributed by atoms with Gasteiger partial charge in [0.15, 0.2) is 6.80 Å². The van der Waals surface area contributed by atoms with Crippen LogP contribution in [0.1, 0.15) is 65.8 Å². The van der Waals surface area contributed by atoms with E-state index in [9.17, 15) is 22.8 Å². The molecule has 2 N–H and O–H groups in total. The van der Waals surface area contributed by atoms with Gasteiger partial charge in [0, 0.05) is 42.1 Å². The largest absolute Gasteiger partial charge is 0.359 e. The molecule has 1 saturated carbocycles. The van der Waals surface area contributed by atoms with Crippen LogP contribution in [0.3, 0.4) is 0 Å². The minimum atomic E-state index is -2.69. The molecular weight excluding hydrogens is 654 g/mol. The molecule has 2 atom stereocenters. The Morgan fingerprint density at radius 2 is 1.49 bits per heavy atom. The summed E-state index contributed by atoms with van der Waals surface area (Å²) >= 11 is 2.68. The summed E-state index contributed by atoms with van der Waals surface area (Å²) < 4.78 is 39.8. The number of nitrogens with one attached hydrogen (secondary N) is 2. The second-order valence-electron chi connectivity index (χ2n) is 11.6. The lowest BCUT2D eigenvalue weighted by molar-refractivity contribution is -0.116. The van der Waals surface area contributed by atoms with Gasteiger partial charge >= 0.3 is 0 Å². The van der Waals surface area contributed by atoms with Crippen LogP contribution in [0.2, 0.25) is 0 Å². The predicted molar refractivity (Wildman–Crippen MR) is 173 cm³/mol. The van der Waals surface area contributed by atoms with Gasteiger partial charge in [-0.3, -0.25) is 19.6 Å². The Kier molecular flexibility index (Phi) is 9.91. The van der Waals surface area contributed by atoms with Crippen LogP contribution in [0.15, 0.2) is 36.7 Å². The van der Waals surface area contributed by atoms with Crippen molar-refractivity contribution in [3.63, 3.8) is 0 Å². The number of carbonyl (C=O) groups is 2. The van der Waals surface area contributed by atoms with Gasteiger partial charge in [-0.25, -0.2) is 13.2 Å². The monoisotopic (exact) mass is 686 g/mol. The Hall–Kier alpha value is -4.25. The van der Waals surface area contributed by atoms with E-state index in [4.69, 9.17) is 0 Å². The van der Waals surface area contributed by atoms with Gasteiger partial charge in [0.1, 0.15) is 10.0 Å². The zero-order valence-corrected chi connectivity index (χ0v) is 27.2. The first-order chi connectivity index (χ1) is 22.7. The van der Waals surface area contributed by atoms with E-state index in [-0.39, 0.29) is 49.6 Å². The molecule has 12 nitrogen and oxygen atoms in total. The molecule has 0 bridgehead atoms. The fraction of sp³-hybridized carbons (Fsp3) is 0.467. The van der Waals surface area contributed by atoms with E-state index in [2.05, 4.69) is 41.0 Å². The summed E-state index contributed by atoms with van der Waals surface area (Å²) in [4.78, 5) is 37.0. The minimum Gasteiger partial charge on any atom is -0.359 e. The Morgan fingerprint density at radius 1 is 0.915 bits per heavy atom. The lowest BCUT2D eigenvalue weighted by Crippen LogP contribution is -2.56. The number of rotatable bonds is 12. The molecule has 4 aromatic heterocycles. The standard InChI is InChI=1S/C30H33F3N10O2S2/c1-2-42(17-31)22-6-8-34-20(11-22)13-24(44)36-28-40-38-26(46-28)18-4-3-5-19(10-18)27-39-41-29(47-27)37-25(45)14-21-12-23(7-9-35-21)43-15-30(32,33)16-43/h6-9,11-12,18-19H,2-5,10,13-17H2,1H3,(H,36,40,44)(H,37,41,45)/t18-,19-/m0/s1. The van der Waals surface area contributed by atoms with Crippen molar-refractivity contribution in [2.75, 3.05) is 46.9 Å². The first-order valence-corrected chi connectivity index (χ1v) is 16.9. The topological polar surface area (TPSA) is 142 Å². The predicted octanol–water partition coefficient (Wildman–Crippen LogP) is 5.19. The molecule has 2 aliphatic rings. The van der Waals surface area contributed by atoms with Gasteiger partial charge in [-0.15, -0.1) is 20.4 Å². The van der Waals surface area contributed by atoms with Crippen LogP contribution in [0.25, 0.3) is 0 Å². The summed E-state index contributed by atoms with van der Waals surface area (Å²) in [7, 11) is 0. The Bertz CT molecular complexity index is 1710. The van der Waals surface area contributed by atoms with Crippen LogP contribution in [0.4, 0.5) is 34.8 Å². The third-order valence-electron chi connectivity index (χ3n) is 8.13. The molecule has 0 aromatic carbocycles. The summed E-state index contributed by atoms with van der Waals surface area (Å²) in [6.45, 7) is 1.05. The molecule has 47 heavy (non-hydrogen) atoms. The minimum absolute atomic E-state index is 0.0199. The third-order valence-corrected chi connectivity index (χ3v) is 10.1. The summed E-state index contributed by atoms with van der Waals surface area (Å²) in [6, 6.07) is 6.72. The summed E-state index contributed by atoms with van der Waals surface area (Å²) in [6.07, 6.45) is 6.69. The van der Waals surface area contributed by atoms with E-state index in [1.807, 2.05) is 6.92 Å². The first kappa shape index (κ1) is 32.7.